The maximum absolute atomic E-state index is 4.76. The van der Waals surface area contributed by atoms with Gasteiger partial charge in [-0.3, -0.25) is 5.10 Å². The average molecular weight is 272 g/mol. The molecular formula is C18H28N2. The van der Waals surface area contributed by atoms with Crippen LogP contribution in [0, 0.1) is 17.8 Å². The quantitative estimate of drug-likeness (QED) is 0.779. The number of nitrogens with zero attached hydrogens (tertiary/aromatic N) is 1. The van der Waals surface area contributed by atoms with Gasteiger partial charge in [0, 0.05) is 11.1 Å². The fourth-order valence-corrected chi connectivity index (χ4v) is 5.75. The number of nitrogens with one attached hydrogen (secondary N) is 1. The highest BCUT2D eigenvalue weighted by molar-refractivity contribution is 5.24. The summed E-state index contributed by atoms with van der Waals surface area (Å²) >= 11 is 0. The summed E-state index contributed by atoms with van der Waals surface area (Å²) in [5.41, 5.74) is 3.26. The molecule has 2 nitrogen and oxygen atoms in total. The number of rotatable bonds is 5. The second-order valence-corrected chi connectivity index (χ2v) is 7.93. The first-order chi connectivity index (χ1) is 9.77. The Morgan fingerprint density at radius 2 is 1.75 bits per heavy atom. The van der Waals surface area contributed by atoms with E-state index < -0.39 is 0 Å². The third-order valence-corrected chi connectivity index (χ3v) is 6.26. The Morgan fingerprint density at radius 1 is 1.10 bits per heavy atom. The Bertz CT molecular complexity index is 438. The van der Waals surface area contributed by atoms with Gasteiger partial charge >= 0.3 is 0 Å². The van der Waals surface area contributed by atoms with Gasteiger partial charge in [-0.25, -0.2) is 0 Å². The van der Waals surface area contributed by atoms with Crippen LogP contribution in [-0.2, 0) is 11.8 Å². The van der Waals surface area contributed by atoms with Crippen molar-refractivity contribution >= 4 is 0 Å². The SMILES string of the molecule is CCCCCc1cc(C23CC4CC(CC(C4)C2)C3)n[nH]1. The molecule has 5 rings (SSSR count). The van der Waals surface area contributed by atoms with E-state index in [1.165, 1.54) is 75.6 Å². The second-order valence-electron chi connectivity index (χ2n) is 7.93. The lowest BCUT2D eigenvalue weighted by atomic mass is 9.49. The number of unbranched alkanes of at least 4 members (excludes halogenated alkanes) is 2. The lowest BCUT2D eigenvalue weighted by Crippen LogP contribution is -2.48. The maximum Gasteiger partial charge on any atom is 0.0686 e. The van der Waals surface area contributed by atoms with Crippen molar-refractivity contribution in [2.45, 2.75) is 76.5 Å². The van der Waals surface area contributed by atoms with Crippen molar-refractivity contribution in [2.24, 2.45) is 17.8 Å². The first kappa shape index (κ1) is 12.9. The molecule has 4 saturated carbocycles. The summed E-state index contributed by atoms with van der Waals surface area (Å²) < 4.78 is 0. The number of aromatic nitrogens is 2. The van der Waals surface area contributed by atoms with Crippen molar-refractivity contribution in [3.8, 4) is 0 Å². The van der Waals surface area contributed by atoms with Crippen molar-refractivity contribution in [3.05, 3.63) is 17.5 Å². The summed E-state index contributed by atoms with van der Waals surface area (Å²) in [6, 6.07) is 2.42. The maximum atomic E-state index is 4.76. The summed E-state index contributed by atoms with van der Waals surface area (Å²) in [5, 5.41) is 8.10. The highest BCUT2D eigenvalue weighted by Crippen LogP contribution is 2.60. The molecule has 1 N–H and O–H groups in total. The molecule has 0 radical (unpaired) electrons. The van der Waals surface area contributed by atoms with E-state index in [-0.39, 0.29) is 0 Å². The average Bonchev–Trinajstić information content (AvgIpc) is 2.87. The Hall–Kier alpha value is -0.790. The first-order valence-corrected chi connectivity index (χ1v) is 8.82. The summed E-state index contributed by atoms with van der Waals surface area (Å²) in [6.07, 6.45) is 14.0. The molecule has 0 amide bonds. The summed E-state index contributed by atoms with van der Waals surface area (Å²) in [4.78, 5) is 0. The molecule has 0 atom stereocenters. The molecule has 20 heavy (non-hydrogen) atoms. The van der Waals surface area contributed by atoms with Gasteiger partial charge in [-0.05, 0) is 75.2 Å². The van der Waals surface area contributed by atoms with Crippen LogP contribution in [0.1, 0.15) is 76.1 Å². The molecule has 0 unspecified atom stereocenters. The van der Waals surface area contributed by atoms with Crippen LogP contribution in [-0.4, -0.2) is 10.2 Å². The van der Waals surface area contributed by atoms with Gasteiger partial charge in [-0.1, -0.05) is 19.8 Å². The standard InChI is InChI=1S/C18H28N2/c1-2-3-4-5-16-9-17(20-19-16)18-10-13-6-14(11-18)8-15(7-13)12-18/h9,13-15H,2-8,10-12H2,1H3,(H,19,20). The van der Waals surface area contributed by atoms with E-state index in [4.69, 9.17) is 5.10 Å². The van der Waals surface area contributed by atoms with Crippen LogP contribution in [0.15, 0.2) is 6.07 Å². The van der Waals surface area contributed by atoms with Crippen LogP contribution in [0.2, 0.25) is 0 Å². The Balaban J connectivity index is 1.52. The van der Waals surface area contributed by atoms with Gasteiger partial charge in [0.1, 0.15) is 0 Å². The van der Waals surface area contributed by atoms with E-state index >= 15 is 0 Å². The minimum absolute atomic E-state index is 0.467. The topological polar surface area (TPSA) is 28.7 Å². The molecule has 1 aromatic rings. The van der Waals surface area contributed by atoms with Crippen LogP contribution in [0.5, 0.6) is 0 Å². The molecule has 1 heterocycles. The van der Waals surface area contributed by atoms with Gasteiger partial charge < -0.3 is 0 Å². The zero-order valence-corrected chi connectivity index (χ0v) is 12.8. The first-order valence-electron chi connectivity index (χ1n) is 8.82. The van der Waals surface area contributed by atoms with Crippen molar-refractivity contribution in [2.75, 3.05) is 0 Å². The largest absolute Gasteiger partial charge is 0.282 e. The number of aromatic amines is 1. The second kappa shape index (κ2) is 4.89. The molecule has 110 valence electrons. The van der Waals surface area contributed by atoms with Crippen molar-refractivity contribution in [1.29, 1.82) is 0 Å². The van der Waals surface area contributed by atoms with E-state index in [0.717, 1.165) is 17.8 Å². The minimum Gasteiger partial charge on any atom is -0.282 e. The number of H-pyrrole nitrogens is 1. The van der Waals surface area contributed by atoms with Crippen molar-refractivity contribution < 1.29 is 0 Å². The van der Waals surface area contributed by atoms with Crippen LogP contribution < -0.4 is 0 Å². The molecule has 0 saturated heterocycles. The predicted molar refractivity (Wildman–Crippen MR) is 81.7 cm³/mol. The van der Waals surface area contributed by atoms with Crippen LogP contribution in [0.25, 0.3) is 0 Å². The van der Waals surface area contributed by atoms with Crippen LogP contribution in [0.4, 0.5) is 0 Å². The highest BCUT2D eigenvalue weighted by Gasteiger charge is 2.52. The zero-order chi connectivity index (χ0) is 13.6. The Kier molecular flexibility index (Phi) is 3.16. The molecule has 2 heteroatoms. The molecule has 1 aromatic heterocycles. The molecule has 0 aromatic carbocycles. The van der Waals surface area contributed by atoms with Gasteiger partial charge in [0.2, 0.25) is 0 Å². The number of hydrogen-bond donors (Lipinski definition) is 1. The van der Waals surface area contributed by atoms with E-state index in [9.17, 15) is 0 Å². The monoisotopic (exact) mass is 272 g/mol. The Morgan fingerprint density at radius 3 is 2.35 bits per heavy atom. The van der Waals surface area contributed by atoms with Gasteiger partial charge in [-0.15, -0.1) is 0 Å². The smallest absolute Gasteiger partial charge is 0.0686 e. The molecule has 4 aliphatic carbocycles. The van der Waals surface area contributed by atoms with E-state index in [0.29, 0.717) is 5.41 Å². The summed E-state index contributed by atoms with van der Waals surface area (Å²) in [5.74, 6) is 3.05. The van der Waals surface area contributed by atoms with Gasteiger partial charge in [-0.2, -0.15) is 5.10 Å². The van der Waals surface area contributed by atoms with Crippen LogP contribution in [0.3, 0.4) is 0 Å². The minimum atomic E-state index is 0.467. The lowest BCUT2D eigenvalue weighted by molar-refractivity contribution is -0.00722. The summed E-state index contributed by atoms with van der Waals surface area (Å²) in [6.45, 7) is 2.27. The third kappa shape index (κ3) is 2.12. The number of aryl methyl sites for hydroxylation is 1. The van der Waals surface area contributed by atoms with E-state index in [1.54, 1.807) is 0 Å². The van der Waals surface area contributed by atoms with E-state index in [1.807, 2.05) is 0 Å². The van der Waals surface area contributed by atoms with Gasteiger partial charge in [0.05, 0.1) is 5.69 Å². The Labute approximate surface area is 122 Å². The fourth-order valence-electron chi connectivity index (χ4n) is 5.75. The highest BCUT2D eigenvalue weighted by atomic mass is 15.1. The molecule has 0 aliphatic heterocycles. The molecule has 4 aliphatic rings. The predicted octanol–water partition coefficient (Wildman–Crippen LogP) is 4.61. The fraction of sp³-hybridized carbons (Fsp3) is 0.833. The van der Waals surface area contributed by atoms with Crippen molar-refractivity contribution in [3.63, 3.8) is 0 Å². The zero-order valence-electron chi connectivity index (χ0n) is 12.8. The summed E-state index contributed by atoms with van der Waals surface area (Å²) in [7, 11) is 0. The molecular weight excluding hydrogens is 244 g/mol. The number of hydrogen-bond acceptors (Lipinski definition) is 1. The van der Waals surface area contributed by atoms with Gasteiger partial charge in [0.25, 0.3) is 0 Å². The van der Waals surface area contributed by atoms with Crippen LogP contribution >= 0.6 is 0 Å². The lowest BCUT2D eigenvalue weighted by Gasteiger charge is -2.56. The molecule has 4 fully saturated rings. The van der Waals surface area contributed by atoms with E-state index in [2.05, 4.69) is 18.1 Å². The normalized spacial score (nSPS) is 38.5. The third-order valence-electron chi connectivity index (χ3n) is 6.26. The van der Waals surface area contributed by atoms with Gasteiger partial charge in [0.15, 0.2) is 0 Å². The molecule has 0 spiro atoms. The molecule has 4 bridgehead atoms. The van der Waals surface area contributed by atoms with Crippen molar-refractivity contribution in [1.82, 2.24) is 10.2 Å².